The van der Waals surface area contributed by atoms with E-state index in [2.05, 4.69) is 30.9 Å². The second-order valence-corrected chi connectivity index (χ2v) is 7.24. The molecule has 2 rings (SSSR count). The number of nitrogens with two attached hydrogens (primary N) is 1. The van der Waals surface area contributed by atoms with Crippen LogP contribution in [0.5, 0.6) is 0 Å². The molecule has 1 fully saturated rings. The summed E-state index contributed by atoms with van der Waals surface area (Å²) in [6, 6.07) is 6.20. The van der Waals surface area contributed by atoms with Crippen molar-refractivity contribution in [2.75, 3.05) is 38.1 Å². The van der Waals surface area contributed by atoms with Gasteiger partial charge in [0.25, 0.3) is 5.91 Å². The van der Waals surface area contributed by atoms with Gasteiger partial charge in [-0.05, 0) is 43.9 Å². The molecule has 2 N–H and O–H groups in total. The van der Waals surface area contributed by atoms with Gasteiger partial charge < -0.3 is 15.5 Å². The molecule has 0 atom stereocenters. The lowest BCUT2D eigenvalue weighted by atomic mass is 9.93. The summed E-state index contributed by atoms with van der Waals surface area (Å²) in [6.45, 7) is 9.53. The predicted octanol–water partition coefficient (Wildman–Crippen LogP) is 2.65. The fourth-order valence-corrected chi connectivity index (χ4v) is 3.04. The van der Waals surface area contributed by atoms with E-state index in [4.69, 9.17) is 5.73 Å². The maximum Gasteiger partial charge on any atom is 0.255 e. The standard InChI is InChI=1S/C18H29N3O/c1-14-7-8-16(21-9-5-6-10-21)15(11-14)17(22)20(4)13-18(2,3)12-19/h7-8,11H,5-6,9-10,12-13,19H2,1-4H3. The van der Waals surface area contributed by atoms with E-state index in [0.29, 0.717) is 13.1 Å². The second kappa shape index (κ2) is 6.69. The van der Waals surface area contributed by atoms with Crippen molar-refractivity contribution in [1.29, 1.82) is 0 Å². The van der Waals surface area contributed by atoms with Gasteiger partial charge in [0.15, 0.2) is 0 Å². The van der Waals surface area contributed by atoms with Crippen LogP contribution in [0.4, 0.5) is 5.69 Å². The Morgan fingerprint density at radius 1 is 1.32 bits per heavy atom. The van der Waals surface area contributed by atoms with Gasteiger partial charge in [-0.1, -0.05) is 25.5 Å². The fourth-order valence-electron chi connectivity index (χ4n) is 3.04. The summed E-state index contributed by atoms with van der Waals surface area (Å²) in [7, 11) is 1.87. The minimum absolute atomic E-state index is 0.0674. The molecule has 0 unspecified atom stereocenters. The lowest BCUT2D eigenvalue weighted by Gasteiger charge is -2.30. The van der Waals surface area contributed by atoms with E-state index in [1.54, 1.807) is 4.90 Å². The number of anilines is 1. The molecule has 0 saturated carbocycles. The van der Waals surface area contributed by atoms with Crippen molar-refractivity contribution >= 4 is 11.6 Å². The normalized spacial score (nSPS) is 15.2. The highest BCUT2D eigenvalue weighted by molar-refractivity contribution is 6.00. The first-order valence-electron chi connectivity index (χ1n) is 8.15. The zero-order chi connectivity index (χ0) is 16.3. The minimum atomic E-state index is -0.0674. The first-order valence-corrected chi connectivity index (χ1v) is 8.15. The summed E-state index contributed by atoms with van der Waals surface area (Å²) in [6.07, 6.45) is 2.41. The van der Waals surface area contributed by atoms with Gasteiger partial charge >= 0.3 is 0 Å². The summed E-state index contributed by atoms with van der Waals surface area (Å²) < 4.78 is 0. The molecule has 0 spiro atoms. The number of nitrogens with zero attached hydrogens (tertiary/aromatic N) is 2. The number of rotatable bonds is 5. The van der Waals surface area contributed by atoms with Crippen LogP contribution in [0.3, 0.4) is 0 Å². The van der Waals surface area contributed by atoms with E-state index in [9.17, 15) is 4.79 Å². The van der Waals surface area contributed by atoms with Crippen LogP contribution in [0.15, 0.2) is 18.2 Å². The van der Waals surface area contributed by atoms with Gasteiger partial charge in [0.05, 0.1) is 5.56 Å². The van der Waals surface area contributed by atoms with Crippen molar-refractivity contribution in [1.82, 2.24) is 4.90 Å². The zero-order valence-electron chi connectivity index (χ0n) is 14.4. The van der Waals surface area contributed by atoms with Crippen molar-refractivity contribution in [2.45, 2.75) is 33.6 Å². The number of carbonyl (C=O) groups excluding carboxylic acids is 1. The molecule has 1 aliphatic rings. The summed E-state index contributed by atoms with van der Waals surface area (Å²) >= 11 is 0. The maximum absolute atomic E-state index is 12.9. The first kappa shape index (κ1) is 16.8. The average Bonchev–Trinajstić information content (AvgIpc) is 3.00. The molecular weight excluding hydrogens is 274 g/mol. The summed E-state index contributed by atoms with van der Waals surface area (Å²) in [4.78, 5) is 17.1. The molecule has 1 heterocycles. The first-order chi connectivity index (χ1) is 10.3. The topological polar surface area (TPSA) is 49.6 Å². The third-order valence-corrected chi connectivity index (χ3v) is 4.39. The van der Waals surface area contributed by atoms with Crippen LogP contribution < -0.4 is 10.6 Å². The monoisotopic (exact) mass is 303 g/mol. The van der Waals surface area contributed by atoms with E-state index < -0.39 is 0 Å². The lowest BCUT2D eigenvalue weighted by Crippen LogP contribution is -2.40. The average molecular weight is 303 g/mol. The number of amides is 1. The fraction of sp³-hybridized carbons (Fsp3) is 0.611. The van der Waals surface area contributed by atoms with Crippen molar-refractivity contribution in [2.24, 2.45) is 11.1 Å². The van der Waals surface area contributed by atoms with Gasteiger partial charge in [-0.3, -0.25) is 4.79 Å². The van der Waals surface area contributed by atoms with Crippen LogP contribution in [0.25, 0.3) is 0 Å². The van der Waals surface area contributed by atoms with Crippen molar-refractivity contribution in [3.63, 3.8) is 0 Å². The Labute approximate surface area is 134 Å². The van der Waals surface area contributed by atoms with Crippen molar-refractivity contribution in [3.8, 4) is 0 Å². The Kier molecular flexibility index (Phi) is 5.12. The molecule has 1 aliphatic heterocycles. The maximum atomic E-state index is 12.9. The van der Waals surface area contributed by atoms with Crippen LogP contribution in [0.1, 0.15) is 42.6 Å². The number of benzene rings is 1. The largest absolute Gasteiger partial charge is 0.371 e. The molecule has 4 heteroatoms. The molecule has 0 aromatic heterocycles. The molecule has 22 heavy (non-hydrogen) atoms. The van der Waals surface area contributed by atoms with Gasteiger partial charge in [0, 0.05) is 32.4 Å². The molecule has 1 aromatic rings. The van der Waals surface area contributed by atoms with Crippen molar-refractivity contribution < 1.29 is 4.79 Å². The predicted molar refractivity (Wildman–Crippen MR) is 92.4 cm³/mol. The Bertz CT molecular complexity index is 533. The molecule has 4 nitrogen and oxygen atoms in total. The highest BCUT2D eigenvalue weighted by Gasteiger charge is 2.25. The molecule has 0 radical (unpaired) electrons. The lowest BCUT2D eigenvalue weighted by molar-refractivity contribution is 0.0741. The van der Waals surface area contributed by atoms with E-state index >= 15 is 0 Å². The van der Waals surface area contributed by atoms with Crippen LogP contribution in [0.2, 0.25) is 0 Å². The molecular formula is C18H29N3O. The number of hydrogen-bond acceptors (Lipinski definition) is 3. The van der Waals surface area contributed by atoms with Crippen LogP contribution in [-0.2, 0) is 0 Å². The minimum Gasteiger partial charge on any atom is -0.371 e. The Hall–Kier alpha value is -1.55. The van der Waals surface area contributed by atoms with Gasteiger partial charge in [-0.15, -0.1) is 0 Å². The third kappa shape index (κ3) is 3.80. The Balaban J connectivity index is 2.26. The van der Waals surface area contributed by atoms with Gasteiger partial charge in [-0.2, -0.15) is 0 Å². The van der Waals surface area contributed by atoms with E-state index in [1.807, 2.05) is 20.0 Å². The molecule has 1 aromatic carbocycles. The number of aryl methyl sites for hydroxylation is 1. The third-order valence-electron chi connectivity index (χ3n) is 4.39. The Morgan fingerprint density at radius 2 is 1.95 bits per heavy atom. The van der Waals surface area contributed by atoms with E-state index in [1.165, 1.54) is 12.8 Å². The smallest absolute Gasteiger partial charge is 0.255 e. The molecule has 0 bridgehead atoms. The quantitative estimate of drug-likeness (QED) is 0.910. The van der Waals surface area contributed by atoms with Gasteiger partial charge in [-0.25, -0.2) is 0 Å². The Morgan fingerprint density at radius 3 is 2.55 bits per heavy atom. The van der Waals surface area contributed by atoms with E-state index in [0.717, 1.165) is 29.9 Å². The summed E-state index contributed by atoms with van der Waals surface area (Å²) in [5.41, 5.74) is 8.75. The highest BCUT2D eigenvalue weighted by atomic mass is 16.2. The van der Waals surface area contributed by atoms with Crippen molar-refractivity contribution in [3.05, 3.63) is 29.3 Å². The molecule has 1 amide bonds. The molecule has 1 saturated heterocycles. The van der Waals surface area contributed by atoms with Gasteiger partial charge in [0.2, 0.25) is 0 Å². The van der Waals surface area contributed by atoms with Crippen LogP contribution in [-0.4, -0.2) is 44.0 Å². The second-order valence-electron chi connectivity index (χ2n) is 7.24. The zero-order valence-corrected chi connectivity index (χ0v) is 14.4. The highest BCUT2D eigenvalue weighted by Crippen LogP contribution is 2.27. The number of hydrogen-bond donors (Lipinski definition) is 1. The molecule has 122 valence electrons. The summed E-state index contributed by atoms with van der Waals surface area (Å²) in [5.74, 6) is 0.0899. The van der Waals surface area contributed by atoms with Crippen LogP contribution >= 0.6 is 0 Å². The van der Waals surface area contributed by atoms with E-state index in [-0.39, 0.29) is 11.3 Å². The molecule has 0 aliphatic carbocycles. The number of carbonyl (C=O) groups is 1. The van der Waals surface area contributed by atoms with Gasteiger partial charge in [0.1, 0.15) is 0 Å². The summed E-state index contributed by atoms with van der Waals surface area (Å²) in [5, 5.41) is 0. The SMILES string of the molecule is Cc1ccc(N2CCCC2)c(C(=O)N(C)CC(C)(C)CN)c1. The van der Waals surface area contributed by atoms with Crippen LogP contribution in [0, 0.1) is 12.3 Å².